The largest absolute Gasteiger partial charge is 0.504 e. The number of benzene rings is 2. The number of unbranched alkanes of at least 4 members (excludes halogenated alkanes) is 4. The molecule has 1 aliphatic rings. The highest BCUT2D eigenvalue weighted by molar-refractivity contribution is 5.45. The Morgan fingerprint density at radius 2 is 1.55 bits per heavy atom. The molecule has 0 spiro atoms. The van der Waals surface area contributed by atoms with Crippen molar-refractivity contribution < 1.29 is 24.8 Å². The van der Waals surface area contributed by atoms with E-state index in [2.05, 4.69) is 54.9 Å². The van der Waals surface area contributed by atoms with Crippen LogP contribution in [0.4, 0.5) is 0 Å². The molecule has 0 saturated heterocycles. The van der Waals surface area contributed by atoms with Crippen molar-refractivity contribution in [3.8, 4) is 17.2 Å². The molecule has 2 aromatic carbocycles. The summed E-state index contributed by atoms with van der Waals surface area (Å²) in [7, 11) is 1.56. The van der Waals surface area contributed by atoms with Crippen molar-refractivity contribution in [1.82, 2.24) is 16.0 Å². The lowest BCUT2D eigenvalue weighted by molar-refractivity contribution is -0.0617. The normalized spacial score (nSPS) is 16.8. The van der Waals surface area contributed by atoms with E-state index in [1.807, 2.05) is 26.0 Å². The number of rotatable bonds is 23. The van der Waals surface area contributed by atoms with Crippen LogP contribution in [-0.2, 0) is 12.0 Å². The molecule has 0 aliphatic carbocycles. The van der Waals surface area contributed by atoms with Crippen molar-refractivity contribution in [3.63, 3.8) is 0 Å². The summed E-state index contributed by atoms with van der Waals surface area (Å²) in [6, 6.07) is 11.9. The Morgan fingerprint density at radius 3 is 2.20 bits per heavy atom. The second-order valence-corrected chi connectivity index (χ2v) is 14.6. The number of phenolic OH excluding ortho intramolecular Hbond substituents is 1. The number of phenols is 1. The summed E-state index contributed by atoms with van der Waals surface area (Å²) in [5.41, 5.74) is 8.33. The minimum Gasteiger partial charge on any atom is -0.504 e. The molecule has 0 bridgehead atoms. The number of methoxy groups -OCH3 is 1. The Balaban J connectivity index is 0.000000341. The number of fused-ring (bicyclic) bond motifs is 1. The molecule has 0 fully saturated rings. The minimum atomic E-state index is -0.642. The van der Waals surface area contributed by atoms with Crippen LogP contribution in [0.3, 0.4) is 0 Å². The number of hydrogen-bond acceptors (Lipinski definition) is 9. The van der Waals surface area contributed by atoms with Crippen molar-refractivity contribution >= 4 is 0 Å². The summed E-state index contributed by atoms with van der Waals surface area (Å²) in [5.74, 6) is 1.49. The average Bonchev–Trinajstić information content (AvgIpc) is 3.08. The Bertz CT molecular complexity index is 1180. The predicted octanol–water partition coefficient (Wildman–Crippen LogP) is 6.12. The summed E-state index contributed by atoms with van der Waals surface area (Å²) in [6.07, 6.45) is 10.8. The van der Waals surface area contributed by atoms with Crippen molar-refractivity contribution in [3.05, 3.63) is 53.1 Å². The van der Waals surface area contributed by atoms with Crippen LogP contribution in [0.2, 0.25) is 0 Å². The van der Waals surface area contributed by atoms with Crippen molar-refractivity contribution in [2.24, 2.45) is 5.73 Å². The SMILES string of the molecule is CCCCCCC(C)(C)c1ccc2c(c1)OC(C)(C)C(O)C2CCO.COc1cc(CNCCCNCCCCNCCCN)ccc1O. The zero-order valence-corrected chi connectivity index (χ0v) is 31.6. The van der Waals surface area contributed by atoms with E-state index in [1.165, 1.54) is 44.1 Å². The van der Waals surface area contributed by atoms with E-state index < -0.39 is 11.7 Å². The Kier molecular flexibility index (Phi) is 20.2. The van der Waals surface area contributed by atoms with Gasteiger partial charge in [-0.15, -0.1) is 0 Å². The molecular weight excluding hydrogens is 616 g/mol. The first-order chi connectivity index (χ1) is 23.5. The summed E-state index contributed by atoms with van der Waals surface area (Å²) in [5, 5.41) is 39.9. The Labute approximate surface area is 297 Å². The monoisotopic (exact) mass is 687 g/mol. The fourth-order valence-corrected chi connectivity index (χ4v) is 6.32. The lowest BCUT2D eigenvalue weighted by atomic mass is 9.76. The van der Waals surface area contributed by atoms with E-state index in [1.54, 1.807) is 13.2 Å². The molecule has 3 rings (SSSR count). The quantitative estimate of drug-likeness (QED) is 0.0689. The maximum atomic E-state index is 10.6. The Morgan fingerprint density at radius 1 is 0.878 bits per heavy atom. The van der Waals surface area contributed by atoms with Crippen LogP contribution < -0.4 is 31.2 Å². The molecule has 8 N–H and O–H groups in total. The van der Waals surface area contributed by atoms with Gasteiger partial charge in [0.25, 0.3) is 0 Å². The molecule has 2 aromatic rings. The summed E-state index contributed by atoms with van der Waals surface area (Å²) < 4.78 is 11.3. The first-order valence-corrected chi connectivity index (χ1v) is 18.8. The third kappa shape index (κ3) is 15.2. The smallest absolute Gasteiger partial charge is 0.160 e. The molecule has 9 heteroatoms. The molecular formula is C40H70N4O5. The van der Waals surface area contributed by atoms with Gasteiger partial charge in [-0.05, 0) is 126 Å². The van der Waals surface area contributed by atoms with E-state index >= 15 is 0 Å². The topological polar surface area (TPSA) is 141 Å². The van der Waals surface area contributed by atoms with E-state index in [0.717, 1.165) is 82.0 Å². The lowest BCUT2D eigenvalue weighted by Gasteiger charge is -2.42. The van der Waals surface area contributed by atoms with Crippen LogP contribution >= 0.6 is 0 Å². The summed E-state index contributed by atoms with van der Waals surface area (Å²) >= 11 is 0. The molecule has 49 heavy (non-hydrogen) atoms. The second kappa shape index (κ2) is 23.1. The Hall–Kier alpha value is -2.40. The number of ether oxygens (including phenoxy) is 2. The van der Waals surface area contributed by atoms with Crippen molar-refractivity contribution in [1.29, 1.82) is 0 Å². The van der Waals surface area contributed by atoms with Gasteiger partial charge in [0.05, 0.1) is 7.11 Å². The zero-order chi connectivity index (χ0) is 36.1. The van der Waals surface area contributed by atoms with Gasteiger partial charge < -0.3 is 46.5 Å². The van der Waals surface area contributed by atoms with Crippen molar-refractivity contribution in [2.75, 3.05) is 53.0 Å². The van der Waals surface area contributed by atoms with Gasteiger partial charge in [0, 0.05) is 24.6 Å². The van der Waals surface area contributed by atoms with Gasteiger partial charge in [0.15, 0.2) is 11.5 Å². The minimum absolute atomic E-state index is 0.0713. The first kappa shape index (κ1) is 42.8. The predicted molar refractivity (Wildman–Crippen MR) is 203 cm³/mol. The standard InChI is InChI=1S/C22H36O3.C18H34N4O2/c1-6-7-8-9-13-21(2,3)16-10-11-17-18(12-14-23)20(24)22(4,5)25-19(17)15-16;1-24-18-14-16(6-7-17(18)23)15-22-13-5-12-21-10-3-2-9-20-11-4-8-19/h10-11,15,18,20,23-24H,6-9,12-14H2,1-5H3;6-7,14,20-23H,2-5,8-13,15,19H2,1H3. The van der Waals surface area contributed by atoms with Crippen molar-refractivity contribution in [2.45, 2.75) is 128 Å². The molecule has 2 unspecified atom stereocenters. The number of nitrogens with one attached hydrogen (secondary N) is 3. The summed E-state index contributed by atoms with van der Waals surface area (Å²) in [4.78, 5) is 0. The van der Waals surface area contributed by atoms with Gasteiger partial charge in [-0.3, -0.25) is 0 Å². The highest BCUT2D eigenvalue weighted by Crippen LogP contribution is 2.44. The van der Waals surface area contributed by atoms with Gasteiger partial charge in [0.2, 0.25) is 0 Å². The molecule has 1 aliphatic heterocycles. The first-order valence-electron chi connectivity index (χ1n) is 18.8. The van der Waals surface area contributed by atoms with Crippen LogP contribution in [0.25, 0.3) is 0 Å². The molecule has 0 radical (unpaired) electrons. The van der Waals surface area contributed by atoms with Crippen LogP contribution in [0.1, 0.15) is 121 Å². The maximum Gasteiger partial charge on any atom is 0.160 e. The lowest BCUT2D eigenvalue weighted by Crippen LogP contribution is -2.49. The molecule has 0 aromatic heterocycles. The van der Waals surface area contributed by atoms with Crippen LogP contribution in [-0.4, -0.2) is 80.0 Å². The van der Waals surface area contributed by atoms with Gasteiger partial charge >= 0.3 is 0 Å². The molecule has 9 nitrogen and oxygen atoms in total. The third-order valence-electron chi connectivity index (χ3n) is 9.55. The molecule has 0 amide bonds. The van der Waals surface area contributed by atoms with Gasteiger partial charge in [-0.25, -0.2) is 0 Å². The van der Waals surface area contributed by atoms with E-state index in [0.29, 0.717) is 12.2 Å². The van der Waals surface area contributed by atoms with Crippen LogP contribution in [0.5, 0.6) is 17.2 Å². The van der Waals surface area contributed by atoms with Crippen LogP contribution in [0, 0.1) is 0 Å². The fraction of sp³-hybridized carbons (Fsp3) is 0.700. The molecule has 2 atom stereocenters. The third-order valence-corrected chi connectivity index (χ3v) is 9.55. The number of aromatic hydroxyl groups is 1. The zero-order valence-electron chi connectivity index (χ0n) is 31.6. The van der Waals surface area contributed by atoms with Crippen LogP contribution in [0.15, 0.2) is 36.4 Å². The highest BCUT2D eigenvalue weighted by Gasteiger charge is 2.42. The number of hydrogen-bond donors (Lipinski definition) is 7. The number of aliphatic hydroxyl groups is 2. The molecule has 1 heterocycles. The average molecular weight is 687 g/mol. The van der Waals surface area contributed by atoms with Gasteiger partial charge in [-0.1, -0.05) is 64.7 Å². The second-order valence-electron chi connectivity index (χ2n) is 14.6. The molecule has 280 valence electrons. The fourth-order valence-electron chi connectivity index (χ4n) is 6.32. The van der Waals surface area contributed by atoms with E-state index in [9.17, 15) is 15.3 Å². The van der Waals surface area contributed by atoms with E-state index in [4.69, 9.17) is 15.2 Å². The molecule has 0 saturated carbocycles. The number of aliphatic hydroxyl groups excluding tert-OH is 2. The summed E-state index contributed by atoms with van der Waals surface area (Å²) in [6.45, 7) is 17.5. The number of nitrogens with two attached hydrogens (primary N) is 1. The van der Waals surface area contributed by atoms with Gasteiger partial charge in [0.1, 0.15) is 17.5 Å². The van der Waals surface area contributed by atoms with E-state index in [-0.39, 0.29) is 23.7 Å². The highest BCUT2D eigenvalue weighted by atomic mass is 16.5. The van der Waals surface area contributed by atoms with Gasteiger partial charge in [-0.2, -0.15) is 0 Å². The maximum absolute atomic E-state index is 10.6.